The summed E-state index contributed by atoms with van der Waals surface area (Å²) in [6, 6.07) is 10.3. The highest BCUT2D eigenvalue weighted by Crippen LogP contribution is 2.29. The zero-order valence-electron chi connectivity index (χ0n) is 13.3. The first-order valence-electron chi connectivity index (χ1n) is 7.34. The summed E-state index contributed by atoms with van der Waals surface area (Å²) in [4.78, 5) is 11.9. The van der Waals surface area contributed by atoms with Gasteiger partial charge in [0.1, 0.15) is 5.75 Å². The molecule has 0 saturated heterocycles. The van der Waals surface area contributed by atoms with Crippen molar-refractivity contribution in [3.8, 4) is 5.75 Å². The number of rotatable bonds is 5. The molecule has 0 fully saturated rings. The number of urea groups is 1. The summed E-state index contributed by atoms with van der Waals surface area (Å²) in [5.74, 6) is 0.473. The molecule has 1 atom stereocenters. The van der Waals surface area contributed by atoms with Gasteiger partial charge in [0, 0.05) is 6.54 Å². The van der Waals surface area contributed by atoms with Crippen molar-refractivity contribution in [3.05, 3.63) is 59.7 Å². The molecule has 3 N–H and O–H groups in total. The van der Waals surface area contributed by atoms with Gasteiger partial charge in [-0.15, -0.1) is 0 Å². The zero-order valence-corrected chi connectivity index (χ0v) is 13.3. The predicted octanol–water partition coefficient (Wildman–Crippen LogP) is 3.57. The molecule has 0 aliphatic rings. The number of carbonyl (C=O) groups is 1. The number of carbonyl (C=O) groups excluding carboxylic acids is 1. The molecule has 134 valence electrons. The smallest absolute Gasteiger partial charge is 0.416 e. The van der Waals surface area contributed by atoms with Gasteiger partial charge in [-0.2, -0.15) is 13.2 Å². The van der Waals surface area contributed by atoms with E-state index in [1.165, 1.54) is 19.2 Å². The number of halogens is 3. The molecule has 5 nitrogen and oxygen atoms in total. The molecule has 0 aliphatic heterocycles. The lowest BCUT2D eigenvalue weighted by molar-refractivity contribution is -0.137. The third-order valence-corrected chi connectivity index (χ3v) is 3.43. The van der Waals surface area contributed by atoms with Crippen molar-refractivity contribution in [1.82, 2.24) is 5.32 Å². The van der Waals surface area contributed by atoms with E-state index in [2.05, 4.69) is 10.6 Å². The quantitative estimate of drug-likeness (QED) is 0.769. The minimum Gasteiger partial charge on any atom is -0.495 e. The predicted molar refractivity (Wildman–Crippen MR) is 86.4 cm³/mol. The molecule has 2 aromatic rings. The van der Waals surface area contributed by atoms with Crippen molar-refractivity contribution < 1.29 is 27.8 Å². The number of para-hydroxylation sites is 2. The summed E-state index contributed by atoms with van der Waals surface area (Å²) < 4.78 is 42.6. The number of methoxy groups -OCH3 is 1. The molecule has 1 unspecified atom stereocenters. The van der Waals surface area contributed by atoms with Crippen LogP contribution in [0.4, 0.5) is 23.7 Å². The maximum Gasteiger partial charge on any atom is 0.416 e. The number of aliphatic hydroxyl groups excluding tert-OH is 1. The fourth-order valence-corrected chi connectivity index (χ4v) is 2.12. The summed E-state index contributed by atoms with van der Waals surface area (Å²) in [6.07, 6.45) is -5.57. The van der Waals surface area contributed by atoms with E-state index in [9.17, 15) is 23.1 Å². The maximum atomic E-state index is 12.5. The number of hydrogen-bond acceptors (Lipinski definition) is 3. The Bertz CT molecular complexity index is 718. The highest BCUT2D eigenvalue weighted by atomic mass is 19.4. The molecule has 2 aromatic carbocycles. The second-order valence-electron chi connectivity index (χ2n) is 5.17. The first-order valence-corrected chi connectivity index (χ1v) is 7.34. The summed E-state index contributed by atoms with van der Waals surface area (Å²) in [6.45, 7) is -0.160. The monoisotopic (exact) mass is 354 g/mol. The first kappa shape index (κ1) is 18.6. The number of aliphatic hydroxyl groups is 1. The number of alkyl halides is 3. The van der Waals surface area contributed by atoms with Crippen LogP contribution >= 0.6 is 0 Å². The first-order chi connectivity index (χ1) is 11.8. The van der Waals surface area contributed by atoms with Gasteiger partial charge in [0.2, 0.25) is 0 Å². The van der Waals surface area contributed by atoms with Crippen molar-refractivity contribution in [3.63, 3.8) is 0 Å². The minimum atomic E-state index is -4.43. The lowest BCUT2D eigenvalue weighted by Gasteiger charge is -2.15. The molecule has 0 spiro atoms. The zero-order chi connectivity index (χ0) is 18.4. The van der Waals surface area contributed by atoms with Crippen LogP contribution in [0.2, 0.25) is 0 Å². The van der Waals surface area contributed by atoms with Crippen LogP contribution in [0.25, 0.3) is 0 Å². The molecule has 0 aromatic heterocycles. The highest BCUT2D eigenvalue weighted by Gasteiger charge is 2.30. The molecule has 8 heteroatoms. The minimum absolute atomic E-state index is 0.160. The van der Waals surface area contributed by atoms with Crippen molar-refractivity contribution >= 4 is 11.7 Å². The Kier molecular flexibility index (Phi) is 5.87. The molecule has 0 bridgehead atoms. The highest BCUT2D eigenvalue weighted by molar-refractivity contribution is 5.90. The van der Waals surface area contributed by atoms with Crippen LogP contribution in [0.1, 0.15) is 17.2 Å². The van der Waals surface area contributed by atoms with Gasteiger partial charge in [-0.3, -0.25) is 0 Å². The van der Waals surface area contributed by atoms with Crippen molar-refractivity contribution in [1.29, 1.82) is 0 Å². The van der Waals surface area contributed by atoms with Crippen LogP contribution in [0.5, 0.6) is 5.75 Å². The Labute approximate surface area is 142 Å². The fourth-order valence-electron chi connectivity index (χ4n) is 2.12. The van der Waals surface area contributed by atoms with Crippen molar-refractivity contribution in [2.75, 3.05) is 19.0 Å². The Morgan fingerprint density at radius 2 is 1.80 bits per heavy atom. The fraction of sp³-hybridized carbons (Fsp3) is 0.235. The Hall–Kier alpha value is -2.74. The Morgan fingerprint density at radius 1 is 1.16 bits per heavy atom. The number of nitrogens with one attached hydrogen (secondary N) is 2. The summed E-state index contributed by atoms with van der Waals surface area (Å²) in [7, 11) is 1.47. The standard InChI is InChI=1S/C17H17F3N2O3/c1-25-15-5-3-2-4-13(15)22-16(24)21-10-14(23)11-6-8-12(9-7-11)17(18,19)20/h2-9,14,23H,10H2,1H3,(H2,21,22,24). The van der Waals surface area contributed by atoms with E-state index in [0.29, 0.717) is 11.4 Å². The van der Waals surface area contributed by atoms with Crippen LogP contribution in [0.3, 0.4) is 0 Å². The summed E-state index contributed by atoms with van der Waals surface area (Å²) in [5.41, 5.74) is -0.0811. The van der Waals surface area contributed by atoms with Gasteiger partial charge >= 0.3 is 12.2 Å². The average Bonchev–Trinajstić information content (AvgIpc) is 2.59. The molecule has 2 rings (SSSR count). The van der Waals surface area contributed by atoms with E-state index < -0.39 is 23.9 Å². The molecule has 0 aliphatic carbocycles. The average molecular weight is 354 g/mol. The van der Waals surface area contributed by atoms with E-state index in [0.717, 1.165) is 12.1 Å². The van der Waals surface area contributed by atoms with Gasteiger partial charge < -0.3 is 20.5 Å². The molecule has 0 radical (unpaired) electrons. The lowest BCUT2D eigenvalue weighted by atomic mass is 10.1. The Balaban J connectivity index is 1.91. The summed E-state index contributed by atoms with van der Waals surface area (Å²) >= 11 is 0. The number of ether oxygens (including phenoxy) is 1. The largest absolute Gasteiger partial charge is 0.495 e. The van der Waals surface area contributed by atoms with E-state index in [4.69, 9.17) is 4.74 Å². The van der Waals surface area contributed by atoms with E-state index in [-0.39, 0.29) is 12.1 Å². The van der Waals surface area contributed by atoms with Crippen molar-refractivity contribution in [2.45, 2.75) is 12.3 Å². The molecule has 0 saturated carbocycles. The third-order valence-electron chi connectivity index (χ3n) is 3.43. The van der Waals surface area contributed by atoms with Crippen molar-refractivity contribution in [2.24, 2.45) is 0 Å². The van der Waals surface area contributed by atoms with E-state index >= 15 is 0 Å². The SMILES string of the molecule is COc1ccccc1NC(=O)NCC(O)c1ccc(C(F)(F)F)cc1. The summed E-state index contributed by atoms with van der Waals surface area (Å²) in [5, 5.41) is 15.0. The molecular weight excluding hydrogens is 337 g/mol. The Morgan fingerprint density at radius 3 is 2.40 bits per heavy atom. The van der Waals surface area contributed by atoms with Gasteiger partial charge in [-0.05, 0) is 29.8 Å². The van der Waals surface area contributed by atoms with Crippen LogP contribution in [0, 0.1) is 0 Å². The van der Waals surface area contributed by atoms with Gasteiger partial charge in [-0.25, -0.2) is 4.79 Å². The second kappa shape index (κ2) is 7.89. The van der Waals surface area contributed by atoms with Crippen LogP contribution in [-0.4, -0.2) is 24.8 Å². The normalized spacial score (nSPS) is 12.4. The van der Waals surface area contributed by atoms with Gasteiger partial charge in [-0.1, -0.05) is 24.3 Å². The van der Waals surface area contributed by atoms with Gasteiger partial charge in [0.05, 0.1) is 24.5 Å². The van der Waals surface area contributed by atoms with Crippen LogP contribution < -0.4 is 15.4 Å². The van der Waals surface area contributed by atoms with Gasteiger partial charge in [0.15, 0.2) is 0 Å². The topological polar surface area (TPSA) is 70.6 Å². The van der Waals surface area contributed by atoms with Crippen LogP contribution in [0.15, 0.2) is 48.5 Å². The molecule has 25 heavy (non-hydrogen) atoms. The number of hydrogen-bond donors (Lipinski definition) is 3. The van der Waals surface area contributed by atoms with Crippen LogP contribution in [-0.2, 0) is 6.18 Å². The number of anilines is 1. The molecule has 2 amide bonds. The lowest BCUT2D eigenvalue weighted by Crippen LogP contribution is -2.32. The van der Waals surface area contributed by atoms with E-state index in [1.807, 2.05) is 0 Å². The number of benzene rings is 2. The van der Waals surface area contributed by atoms with E-state index in [1.54, 1.807) is 24.3 Å². The number of amides is 2. The maximum absolute atomic E-state index is 12.5. The molecular formula is C17H17F3N2O3. The third kappa shape index (κ3) is 5.12. The molecule has 0 heterocycles. The second-order valence-corrected chi connectivity index (χ2v) is 5.17. The van der Waals surface area contributed by atoms with Gasteiger partial charge in [0.25, 0.3) is 0 Å².